The lowest BCUT2D eigenvalue weighted by atomic mass is 10.2. The molecule has 0 aliphatic carbocycles. The monoisotopic (exact) mass is 311 g/mol. The van der Waals surface area contributed by atoms with E-state index in [2.05, 4.69) is 10.3 Å². The van der Waals surface area contributed by atoms with E-state index in [1.165, 1.54) is 7.11 Å². The number of nitriles is 1. The standard InChI is InChI=1S/C17H17N3O3/c1-12(23-15-5-3-13(10-18)4-6-15)17(21)20-11-14-7-8-19-16(9-14)22-2/h3-9,12H,11H2,1-2H3,(H,20,21). The molecule has 23 heavy (non-hydrogen) atoms. The SMILES string of the molecule is COc1cc(CNC(=O)C(C)Oc2ccc(C#N)cc2)ccn1. The summed E-state index contributed by atoms with van der Waals surface area (Å²) in [4.78, 5) is 16.1. The number of pyridine rings is 1. The predicted octanol–water partition coefficient (Wildman–Crippen LogP) is 2.05. The van der Waals surface area contributed by atoms with Gasteiger partial charge in [-0.1, -0.05) is 0 Å². The molecule has 1 unspecified atom stereocenters. The molecule has 0 saturated heterocycles. The smallest absolute Gasteiger partial charge is 0.261 e. The second-order valence-electron chi connectivity index (χ2n) is 4.82. The third-order valence-corrected chi connectivity index (χ3v) is 3.14. The van der Waals surface area contributed by atoms with E-state index >= 15 is 0 Å². The van der Waals surface area contributed by atoms with Gasteiger partial charge in [-0.3, -0.25) is 4.79 Å². The Bertz CT molecular complexity index is 708. The van der Waals surface area contributed by atoms with Gasteiger partial charge in [0.1, 0.15) is 5.75 Å². The van der Waals surface area contributed by atoms with Gasteiger partial charge in [0.15, 0.2) is 6.10 Å². The fraction of sp³-hybridized carbons (Fsp3) is 0.235. The fourth-order valence-corrected chi connectivity index (χ4v) is 1.87. The van der Waals surface area contributed by atoms with Crippen molar-refractivity contribution in [2.45, 2.75) is 19.6 Å². The van der Waals surface area contributed by atoms with Gasteiger partial charge in [-0.05, 0) is 42.8 Å². The van der Waals surface area contributed by atoms with Crippen LogP contribution in [-0.2, 0) is 11.3 Å². The van der Waals surface area contributed by atoms with Crippen molar-refractivity contribution in [1.82, 2.24) is 10.3 Å². The number of hydrogen-bond acceptors (Lipinski definition) is 5. The first-order chi connectivity index (χ1) is 11.1. The van der Waals surface area contributed by atoms with E-state index in [4.69, 9.17) is 14.7 Å². The van der Waals surface area contributed by atoms with E-state index in [1.54, 1.807) is 49.5 Å². The summed E-state index contributed by atoms with van der Waals surface area (Å²) in [6, 6.07) is 12.2. The summed E-state index contributed by atoms with van der Waals surface area (Å²) in [7, 11) is 1.54. The predicted molar refractivity (Wildman–Crippen MR) is 83.9 cm³/mol. The summed E-state index contributed by atoms with van der Waals surface area (Å²) in [5.41, 5.74) is 1.43. The van der Waals surface area contributed by atoms with Crippen LogP contribution in [-0.4, -0.2) is 24.1 Å². The zero-order valence-corrected chi connectivity index (χ0v) is 12.9. The van der Waals surface area contributed by atoms with E-state index in [9.17, 15) is 4.79 Å². The minimum atomic E-state index is -0.647. The van der Waals surface area contributed by atoms with Crippen LogP contribution in [0.4, 0.5) is 0 Å². The number of carbonyl (C=O) groups is 1. The van der Waals surface area contributed by atoms with Crippen LogP contribution in [0.25, 0.3) is 0 Å². The Kier molecular flexibility index (Phi) is 5.53. The van der Waals surface area contributed by atoms with Crippen molar-refractivity contribution in [3.05, 3.63) is 53.7 Å². The van der Waals surface area contributed by atoms with Gasteiger partial charge in [0.05, 0.1) is 18.7 Å². The van der Waals surface area contributed by atoms with Crippen molar-refractivity contribution in [1.29, 1.82) is 5.26 Å². The maximum atomic E-state index is 12.1. The van der Waals surface area contributed by atoms with Gasteiger partial charge in [0, 0.05) is 18.8 Å². The topological polar surface area (TPSA) is 84.2 Å². The largest absolute Gasteiger partial charge is 0.481 e. The van der Waals surface area contributed by atoms with Crippen molar-refractivity contribution in [3.63, 3.8) is 0 Å². The Morgan fingerprint density at radius 3 is 2.74 bits per heavy atom. The molecule has 2 aromatic rings. The van der Waals surface area contributed by atoms with Crippen molar-refractivity contribution < 1.29 is 14.3 Å². The molecule has 2 rings (SSSR count). The van der Waals surface area contributed by atoms with E-state index in [0.717, 1.165) is 5.56 Å². The maximum Gasteiger partial charge on any atom is 0.261 e. The zero-order valence-electron chi connectivity index (χ0n) is 12.9. The molecule has 118 valence electrons. The van der Waals surface area contributed by atoms with Gasteiger partial charge in [-0.15, -0.1) is 0 Å². The van der Waals surface area contributed by atoms with Crippen LogP contribution in [0.3, 0.4) is 0 Å². The lowest BCUT2D eigenvalue weighted by Gasteiger charge is -2.15. The molecular formula is C17H17N3O3. The van der Waals surface area contributed by atoms with Gasteiger partial charge >= 0.3 is 0 Å². The second-order valence-corrected chi connectivity index (χ2v) is 4.82. The van der Waals surface area contributed by atoms with Gasteiger partial charge in [0.25, 0.3) is 5.91 Å². The Labute approximate surface area is 134 Å². The summed E-state index contributed by atoms with van der Waals surface area (Å²) >= 11 is 0. The van der Waals surface area contributed by atoms with Gasteiger partial charge in [-0.2, -0.15) is 5.26 Å². The average molecular weight is 311 g/mol. The normalized spacial score (nSPS) is 11.2. The van der Waals surface area contributed by atoms with Crippen LogP contribution in [0.5, 0.6) is 11.6 Å². The minimum Gasteiger partial charge on any atom is -0.481 e. The molecule has 1 atom stereocenters. The number of nitrogens with zero attached hydrogens (tertiary/aromatic N) is 2. The molecule has 0 aliphatic heterocycles. The molecule has 0 fully saturated rings. The highest BCUT2D eigenvalue weighted by Gasteiger charge is 2.14. The molecule has 0 bridgehead atoms. The lowest BCUT2D eigenvalue weighted by Crippen LogP contribution is -2.35. The number of ether oxygens (including phenoxy) is 2. The first kappa shape index (κ1) is 16.3. The summed E-state index contributed by atoms with van der Waals surface area (Å²) in [6.07, 6.45) is 0.975. The summed E-state index contributed by atoms with van der Waals surface area (Å²) in [5, 5.41) is 11.5. The van der Waals surface area contributed by atoms with Crippen LogP contribution in [0, 0.1) is 11.3 Å². The highest BCUT2D eigenvalue weighted by molar-refractivity contribution is 5.80. The van der Waals surface area contributed by atoms with Crippen LogP contribution in [0.2, 0.25) is 0 Å². The molecule has 0 saturated carbocycles. The number of rotatable bonds is 6. The van der Waals surface area contributed by atoms with Crippen molar-refractivity contribution in [3.8, 4) is 17.7 Å². The van der Waals surface area contributed by atoms with Crippen LogP contribution in [0.1, 0.15) is 18.1 Å². The molecule has 0 spiro atoms. The van der Waals surface area contributed by atoms with E-state index in [0.29, 0.717) is 23.7 Å². The number of nitrogens with one attached hydrogen (secondary N) is 1. The molecule has 1 N–H and O–H groups in total. The highest BCUT2D eigenvalue weighted by atomic mass is 16.5. The Morgan fingerprint density at radius 1 is 1.35 bits per heavy atom. The van der Waals surface area contributed by atoms with Gasteiger partial charge in [0.2, 0.25) is 5.88 Å². The fourth-order valence-electron chi connectivity index (χ4n) is 1.87. The first-order valence-corrected chi connectivity index (χ1v) is 7.06. The highest BCUT2D eigenvalue weighted by Crippen LogP contribution is 2.13. The molecule has 1 amide bonds. The summed E-state index contributed by atoms with van der Waals surface area (Å²) in [5.74, 6) is 0.806. The molecule has 0 radical (unpaired) electrons. The summed E-state index contributed by atoms with van der Waals surface area (Å²) in [6.45, 7) is 2.03. The number of methoxy groups -OCH3 is 1. The van der Waals surface area contributed by atoms with Crippen molar-refractivity contribution in [2.24, 2.45) is 0 Å². The number of benzene rings is 1. The lowest BCUT2D eigenvalue weighted by molar-refractivity contribution is -0.127. The minimum absolute atomic E-state index is 0.231. The molecule has 6 heteroatoms. The number of carbonyl (C=O) groups excluding carboxylic acids is 1. The quantitative estimate of drug-likeness (QED) is 0.882. The Balaban J connectivity index is 1.87. The van der Waals surface area contributed by atoms with Crippen molar-refractivity contribution >= 4 is 5.91 Å². The molecule has 1 heterocycles. The first-order valence-electron chi connectivity index (χ1n) is 7.06. The van der Waals surface area contributed by atoms with Gasteiger partial charge in [-0.25, -0.2) is 4.98 Å². The van der Waals surface area contributed by atoms with Crippen LogP contribution in [0.15, 0.2) is 42.6 Å². The third-order valence-electron chi connectivity index (χ3n) is 3.14. The Hall–Kier alpha value is -3.07. The average Bonchev–Trinajstić information content (AvgIpc) is 2.60. The maximum absolute atomic E-state index is 12.1. The Morgan fingerprint density at radius 2 is 2.09 bits per heavy atom. The second kappa shape index (κ2) is 7.80. The molecule has 6 nitrogen and oxygen atoms in total. The molecular weight excluding hydrogens is 294 g/mol. The number of amides is 1. The van der Waals surface area contributed by atoms with E-state index in [1.807, 2.05) is 6.07 Å². The number of aromatic nitrogens is 1. The van der Waals surface area contributed by atoms with Crippen molar-refractivity contribution in [2.75, 3.05) is 7.11 Å². The summed E-state index contributed by atoms with van der Waals surface area (Å²) < 4.78 is 10.6. The van der Waals surface area contributed by atoms with Crippen LogP contribution < -0.4 is 14.8 Å². The molecule has 0 aliphatic rings. The number of hydrogen-bond donors (Lipinski definition) is 1. The van der Waals surface area contributed by atoms with E-state index in [-0.39, 0.29) is 5.91 Å². The third kappa shape index (κ3) is 4.71. The van der Waals surface area contributed by atoms with Crippen LogP contribution >= 0.6 is 0 Å². The molecule has 1 aromatic heterocycles. The zero-order chi connectivity index (χ0) is 16.7. The van der Waals surface area contributed by atoms with E-state index < -0.39 is 6.10 Å². The van der Waals surface area contributed by atoms with Gasteiger partial charge < -0.3 is 14.8 Å². The molecule has 1 aromatic carbocycles.